The van der Waals surface area contributed by atoms with E-state index < -0.39 is 37.3 Å². The molecule has 3 amide bonds. The Kier molecular flexibility index (Phi) is 17.9. The molecule has 14 heteroatoms. The zero-order chi connectivity index (χ0) is 43.5. The maximum absolute atomic E-state index is 14.7. The van der Waals surface area contributed by atoms with Crippen LogP contribution < -0.4 is 20.7 Å². The van der Waals surface area contributed by atoms with Crippen LogP contribution in [0.15, 0.2) is 126 Å². The summed E-state index contributed by atoms with van der Waals surface area (Å²) in [6.45, 7) is 5.82. The van der Waals surface area contributed by atoms with Crippen molar-refractivity contribution < 1.29 is 46.8 Å². The summed E-state index contributed by atoms with van der Waals surface area (Å²) >= 11 is 0. The molecule has 0 aliphatic carbocycles. The first-order chi connectivity index (χ1) is 29.7. The molecular formula is C47H54N3O10P. The topological polar surface area (TPSA) is 163 Å². The van der Waals surface area contributed by atoms with E-state index in [0.29, 0.717) is 43.6 Å². The van der Waals surface area contributed by atoms with Crippen molar-refractivity contribution in [3.05, 3.63) is 144 Å². The largest absolute Gasteiger partial charge is 0.494 e. The van der Waals surface area contributed by atoms with Gasteiger partial charge < -0.3 is 33.7 Å². The van der Waals surface area contributed by atoms with Gasteiger partial charge in [-0.3, -0.25) is 18.9 Å². The SMILES string of the molecule is CCCCC[C@@H](C(=O)NCNC(=O)c1ccc(-c2cc(OCC)cc(P(=O)(OCc3ccccc3)OCc3ccccc3)c2)o1)[C@@H](CC)N(C=O)OC(=O)Cc1ccccc1. The zero-order valence-corrected chi connectivity index (χ0v) is 35.7. The number of hydrogen-bond acceptors (Lipinski definition) is 10. The predicted molar refractivity (Wildman–Crippen MR) is 231 cm³/mol. The fraction of sp³-hybridized carbons (Fsp3) is 0.319. The number of amides is 3. The van der Waals surface area contributed by atoms with E-state index in [1.165, 1.54) is 6.07 Å². The van der Waals surface area contributed by atoms with Crippen LogP contribution in [-0.4, -0.2) is 48.6 Å². The van der Waals surface area contributed by atoms with Crippen LogP contribution in [0, 0.1) is 5.92 Å². The molecule has 0 unspecified atom stereocenters. The van der Waals surface area contributed by atoms with Crippen molar-refractivity contribution in [3.8, 4) is 17.1 Å². The Bertz CT molecular complexity index is 2150. The number of rotatable bonds is 25. The average Bonchev–Trinajstić information content (AvgIpc) is 3.79. The number of furan rings is 1. The molecule has 1 aromatic heterocycles. The molecule has 61 heavy (non-hydrogen) atoms. The molecule has 0 bridgehead atoms. The quantitative estimate of drug-likeness (QED) is 0.0191. The molecule has 2 atom stereocenters. The van der Waals surface area contributed by atoms with Gasteiger partial charge in [-0.25, -0.2) is 4.79 Å². The maximum Gasteiger partial charge on any atom is 0.362 e. The van der Waals surface area contributed by atoms with Crippen LogP contribution >= 0.6 is 7.60 Å². The van der Waals surface area contributed by atoms with Gasteiger partial charge in [0, 0.05) is 5.56 Å². The Balaban J connectivity index is 1.28. The minimum Gasteiger partial charge on any atom is -0.494 e. The van der Waals surface area contributed by atoms with Crippen LogP contribution in [0.3, 0.4) is 0 Å². The fourth-order valence-electron chi connectivity index (χ4n) is 6.67. The van der Waals surface area contributed by atoms with Gasteiger partial charge in [-0.15, -0.1) is 0 Å². The van der Waals surface area contributed by atoms with Gasteiger partial charge >= 0.3 is 13.6 Å². The van der Waals surface area contributed by atoms with Gasteiger partial charge in [0.1, 0.15) is 11.5 Å². The van der Waals surface area contributed by atoms with E-state index >= 15 is 0 Å². The molecule has 0 saturated heterocycles. The molecular weight excluding hydrogens is 798 g/mol. The van der Waals surface area contributed by atoms with E-state index in [-0.39, 0.29) is 43.1 Å². The van der Waals surface area contributed by atoms with Gasteiger partial charge in [-0.1, -0.05) is 124 Å². The number of ether oxygens (including phenoxy) is 1. The highest BCUT2D eigenvalue weighted by atomic mass is 31.2. The second-order valence-corrected chi connectivity index (χ2v) is 16.2. The highest BCUT2D eigenvalue weighted by Gasteiger charge is 2.34. The molecule has 0 spiro atoms. The van der Waals surface area contributed by atoms with Gasteiger partial charge in [0.25, 0.3) is 5.91 Å². The van der Waals surface area contributed by atoms with Crippen LogP contribution in [0.25, 0.3) is 11.3 Å². The minimum atomic E-state index is -3.98. The molecule has 1 heterocycles. The summed E-state index contributed by atoms with van der Waals surface area (Å²) in [7, 11) is -3.98. The second kappa shape index (κ2) is 23.7. The Morgan fingerprint density at radius 1 is 0.770 bits per heavy atom. The average molecular weight is 852 g/mol. The van der Waals surface area contributed by atoms with Crippen LogP contribution in [-0.2, 0) is 52.5 Å². The number of carbonyl (C=O) groups excluding carboxylic acids is 4. The van der Waals surface area contributed by atoms with Gasteiger partial charge in [0.15, 0.2) is 5.76 Å². The molecule has 5 aromatic rings. The van der Waals surface area contributed by atoms with Gasteiger partial charge in [0.2, 0.25) is 12.3 Å². The predicted octanol–water partition coefficient (Wildman–Crippen LogP) is 8.54. The third-order valence-corrected chi connectivity index (χ3v) is 11.6. The smallest absolute Gasteiger partial charge is 0.362 e. The molecule has 4 aromatic carbocycles. The number of nitrogens with zero attached hydrogens (tertiary/aromatic N) is 1. The number of carbonyl (C=O) groups is 4. The molecule has 5 rings (SSSR count). The van der Waals surface area contributed by atoms with Crippen LogP contribution in [0.4, 0.5) is 0 Å². The first-order valence-electron chi connectivity index (χ1n) is 20.6. The highest BCUT2D eigenvalue weighted by Crippen LogP contribution is 2.50. The molecule has 2 N–H and O–H groups in total. The normalized spacial score (nSPS) is 12.2. The zero-order valence-electron chi connectivity index (χ0n) is 34.8. The summed E-state index contributed by atoms with van der Waals surface area (Å²) in [6, 6.07) is 35.0. The molecule has 0 fully saturated rings. The highest BCUT2D eigenvalue weighted by molar-refractivity contribution is 7.62. The van der Waals surface area contributed by atoms with E-state index in [9.17, 15) is 23.7 Å². The fourth-order valence-corrected chi connectivity index (χ4v) is 8.26. The van der Waals surface area contributed by atoms with Gasteiger partial charge in [-0.05, 0) is 66.8 Å². The number of unbranched alkanes of at least 4 members (excludes halogenated alkanes) is 2. The summed E-state index contributed by atoms with van der Waals surface area (Å²) < 4.78 is 38.7. The first-order valence-corrected chi connectivity index (χ1v) is 22.1. The number of benzene rings is 4. The number of nitrogens with one attached hydrogen (secondary N) is 2. The summed E-state index contributed by atoms with van der Waals surface area (Å²) in [4.78, 5) is 57.5. The molecule has 0 aliphatic heterocycles. The van der Waals surface area contributed by atoms with Gasteiger partial charge in [0.05, 0.1) is 50.2 Å². The lowest BCUT2D eigenvalue weighted by atomic mass is 9.90. The molecule has 322 valence electrons. The molecule has 0 aliphatic rings. The van der Waals surface area contributed by atoms with Crippen molar-refractivity contribution in [3.63, 3.8) is 0 Å². The number of hydroxylamine groups is 2. The Morgan fingerprint density at radius 3 is 1.97 bits per heavy atom. The van der Waals surface area contributed by atoms with Gasteiger partial charge in [-0.2, -0.15) is 5.06 Å². The third-order valence-electron chi connectivity index (χ3n) is 9.80. The van der Waals surface area contributed by atoms with E-state index in [0.717, 1.165) is 34.6 Å². The van der Waals surface area contributed by atoms with Crippen LogP contribution in [0.2, 0.25) is 0 Å². The van der Waals surface area contributed by atoms with E-state index in [2.05, 4.69) is 10.6 Å². The molecule has 0 saturated carbocycles. The van der Waals surface area contributed by atoms with E-state index in [1.807, 2.05) is 87.5 Å². The van der Waals surface area contributed by atoms with Crippen molar-refractivity contribution in [1.82, 2.24) is 15.7 Å². The van der Waals surface area contributed by atoms with Crippen LogP contribution in [0.5, 0.6) is 5.75 Å². The summed E-state index contributed by atoms with van der Waals surface area (Å²) in [6.07, 6.45) is 3.63. The second-order valence-electron chi connectivity index (χ2n) is 14.2. The summed E-state index contributed by atoms with van der Waals surface area (Å²) in [5, 5.41) is 6.59. The minimum absolute atomic E-state index is 0.0266. The maximum atomic E-state index is 14.7. The molecule has 0 radical (unpaired) electrons. The third kappa shape index (κ3) is 13.8. The lowest BCUT2D eigenvalue weighted by molar-refractivity contribution is -0.203. The Hall–Kier alpha value is -6.01. The first kappa shape index (κ1) is 46.1. The summed E-state index contributed by atoms with van der Waals surface area (Å²) in [5.41, 5.74) is 2.81. The van der Waals surface area contributed by atoms with Crippen molar-refractivity contribution in [2.45, 2.75) is 78.6 Å². The van der Waals surface area contributed by atoms with E-state index in [1.54, 1.807) is 48.5 Å². The Morgan fingerprint density at radius 2 is 1.39 bits per heavy atom. The van der Waals surface area contributed by atoms with Crippen molar-refractivity contribution in [2.24, 2.45) is 5.92 Å². The van der Waals surface area contributed by atoms with Crippen LogP contribution in [0.1, 0.15) is 80.1 Å². The Labute approximate surface area is 357 Å². The van der Waals surface area contributed by atoms with Crippen molar-refractivity contribution in [1.29, 1.82) is 0 Å². The lowest BCUT2D eigenvalue weighted by Crippen LogP contribution is -2.49. The van der Waals surface area contributed by atoms with Crippen molar-refractivity contribution in [2.75, 3.05) is 13.3 Å². The summed E-state index contributed by atoms with van der Waals surface area (Å²) in [5.74, 6) is -1.73. The lowest BCUT2D eigenvalue weighted by Gasteiger charge is -2.31. The van der Waals surface area contributed by atoms with Crippen molar-refractivity contribution >= 4 is 37.1 Å². The molecule has 13 nitrogen and oxygen atoms in total. The monoisotopic (exact) mass is 851 g/mol. The number of hydrogen-bond donors (Lipinski definition) is 2. The standard InChI is InChI=1S/C47H54N3O10P/c1-4-7-11-24-41(42(5-2)50(34-51)60-45(52)27-35-18-12-8-13-19-35)46(53)48-33-49-47(54)44-26-25-43(59-44)38-28-39(56-6-3)30-40(29-38)61(55,57-31-36-20-14-9-15-21-36)58-32-37-22-16-10-17-23-37/h8-10,12-23,25-26,28-30,34,41-42H,4-7,11,24,27,31-33H2,1-3H3,(H,48,53)(H,49,54)/t41-,42-/m1/s1. The van der Waals surface area contributed by atoms with E-state index in [4.69, 9.17) is 23.0 Å².